The maximum Gasteiger partial charge on any atom is 0.0708 e. The van der Waals surface area contributed by atoms with Gasteiger partial charge in [0.25, 0.3) is 0 Å². The summed E-state index contributed by atoms with van der Waals surface area (Å²) >= 11 is 2.00. The van der Waals surface area contributed by atoms with E-state index in [-0.39, 0.29) is 5.41 Å². The van der Waals surface area contributed by atoms with E-state index in [1.165, 1.54) is 46.1 Å². The molecule has 206 valence electrons. The second-order valence-electron chi connectivity index (χ2n) is 11.2. The first-order valence-electron chi connectivity index (χ1n) is 14.8. The van der Waals surface area contributed by atoms with Crippen molar-refractivity contribution in [2.45, 2.75) is 58.3 Å². The third-order valence-electron chi connectivity index (χ3n) is 7.62. The molecule has 0 amide bonds. The zero-order valence-electron chi connectivity index (χ0n) is 24.1. The van der Waals surface area contributed by atoms with Gasteiger partial charge in [-0.1, -0.05) is 112 Å². The van der Waals surface area contributed by atoms with Crippen molar-refractivity contribution < 1.29 is 0 Å². The lowest BCUT2D eigenvalue weighted by molar-refractivity contribution is 0.365. The highest BCUT2D eigenvalue weighted by Crippen LogP contribution is 2.40. The molecule has 1 fully saturated rings. The van der Waals surface area contributed by atoms with Gasteiger partial charge in [0.05, 0.1) is 5.03 Å². The molecule has 39 heavy (non-hydrogen) atoms. The zero-order valence-corrected chi connectivity index (χ0v) is 24.9. The Morgan fingerprint density at radius 2 is 1.54 bits per heavy atom. The highest BCUT2D eigenvalue weighted by molar-refractivity contribution is 8.03. The van der Waals surface area contributed by atoms with Crippen molar-refractivity contribution in [2.75, 3.05) is 30.7 Å². The van der Waals surface area contributed by atoms with Crippen LogP contribution in [0.25, 0.3) is 0 Å². The lowest BCUT2D eigenvalue weighted by Gasteiger charge is -2.36. The van der Waals surface area contributed by atoms with Gasteiger partial charge in [-0.2, -0.15) is 0 Å². The summed E-state index contributed by atoms with van der Waals surface area (Å²) in [6, 6.07) is 31.1. The molecule has 1 aliphatic heterocycles. The molecule has 0 aliphatic carbocycles. The van der Waals surface area contributed by atoms with Gasteiger partial charge in [-0.25, -0.2) is 0 Å². The average Bonchev–Trinajstić information content (AvgIpc) is 3.41. The minimum absolute atomic E-state index is 0.0742. The van der Waals surface area contributed by atoms with Crippen molar-refractivity contribution >= 4 is 17.4 Å². The quantitative estimate of drug-likeness (QED) is 0.220. The molecule has 2 nitrogen and oxygen atoms in total. The van der Waals surface area contributed by atoms with E-state index in [9.17, 15) is 0 Å². The Bertz CT molecular complexity index is 1140. The van der Waals surface area contributed by atoms with E-state index >= 15 is 0 Å². The van der Waals surface area contributed by atoms with Gasteiger partial charge in [-0.05, 0) is 66.9 Å². The predicted molar refractivity (Wildman–Crippen MR) is 173 cm³/mol. The number of anilines is 1. The average molecular weight is 539 g/mol. The van der Waals surface area contributed by atoms with Gasteiger partial charge in [0.2, 0.25) is 0 Å². The topological polar surface area (TPSA) is 15.3 Å². The molecule has 4 rings (SSSR count). The fourth-order valence-electron chi connectivity index (χ4n) is 5.54. The van der Waals surface area contributed by atoms with Gasteiger partial charge in [0, 0.05) is 36.5 Å². The summed E-state index contributed by atoms with van der Waals surface area (Å²) in [4.78, 5) is 2.57. The lowest BCUT2D eigenvalue weighted by atomic mass is 9.68. The molecule has 0 aromatic heterocycles. The summed E-state index contributed by atoms with van der Waals surface area (Å²) in [6.45, 7) is 10.2. The number of benzene rings is 3. The SMILES string of the molecule is CCCNc1ccccc1C(C/C=C/C=C1\SCCN1CCC(C)C)(Cc1ccccc1)Cc1ccccc1. The monoisotopic (exact) mass is 538 g/mol. The van der Waals surface area contributed by atoms with Crippen LogP contribution in [0.2, 0.25) is 0 Å². The second-order valence-corrected chi connectivity index (χ2v) is 12.3. The summed E-state index contributed by atoms with van der Waals surface area (Å²) in [5.74, 6) is 1.94. The summed E-state index contributed by atoms with van der Waals surface area (Å²) in [5, 5.41) is 5.18. The van der Waals surface area contributed by atoms with E-state index in [0.717, 1.165) is 44.7 Å². The van der Waals surface area contributed by atoms with Crippen LogP contribution in [-0.2, 0) is 18.3 Å². The Balaban J connectivity index is 1.70. The molecule has 0 radical (unpaired) electrons. The molecule has 3 aromatic rings. The zero-order chi connectivity index (χ0) is 27.3. The van der Waals surface area contributed by atoms with Crippen LogP contribution < -0.4 is 5.32 Å². The summed E-state index contributed by atoms with van der Waals surface area (Å²) < 4.78 is 0. The van der Waals surface area contributed by atoms with Crippen LogP contribution in [0.1, 0.15) is 56.7 Å². The molecule has 0 spiro atoms. The first kappa shape index (κ1) is 29.1. The number of rotatable bonds is 14. The van der Waals surface area contributed by atoms with E-state index < -0.39 is 0 Å². The van der Waals surface area contributed by atoms with Crippen molar-refractivity contribution in [2.24, 2.45) is 5.92 Å². The molecule has 0 bridgehead atoms. The predicted octanol–water partition coefficient (Wildman–Crippen LogP) is 9.11. The number of nitrogens with zero attached hydrogens (tertiary/aromatic N) is 1. The molecule has 1 heterocycles. The van der Waals surface area contributed by atoms with Crippen molar-refractivity contribution in [3.05, 3.63) is 125 Å². The van der Waals surface area contributed by atoms with Crippen LogP contribution in [0.15, 0.2) is 108 Å². The summed E-state index contributed by atoms with van der Waals surface area (Å²) in [7, 11) is 0. The molecular weight excluding hydrogens is 492 g/mol. The number of allylic oxidation sites excluding steroid dienone is 3. The van der Waals surface area contributed by atoms with Gasteiger partial charge in [0.1, 0.15) is 0 Å². The van der Waals surface area contributed by atoms with Gasteiger partial charge >= 0.3 is 0 Å². The van der Waals surface area contributed by atoms with E-state index in [2.05, 4.69) is 134 Å². The highest BCUT2D eigenvalue weighted by atomic mass is 32.2. The molecule has 3 heteroatoms. The Morgan fingerprint density at radius 3 is 2.18 bits per heavy atom. The normalized spacial score (nSPS) is 15.1. The molecule has 1 saturated heterocycles. The molecule has 0 atom stereocenters. The maximum absolute atomic E-state index is 3.76. The van der Waals surface area contributed by atoms with Crippen molar-refractivity contribution in [3.63, 3.8) is 0 Å². The van der Waals surface area contributed by atoms with Crippen LogP contribution in [0.4, 0.5) is 5.69 Å². The van der Waals surface area contributed by atoms with E-state index in [4.69, 9.17) is 0 Å². The maximum atomic E-state index is 3.76. The second kappa shape index (κ2) is 15.0. The van der Waals surface area contributed by atoms with Crippen LogP contribution in [-0.4, -0.2) is 30.3 Å². The smallest absolute Gasteiger partial charge is 0.0708 e. The van der Waals surface area contributed by atoms with Crippen LogP contribution >= 0.6 is 11.8 Å². The number of thioether (sulfide) groups is 1. The molecular formula is C36H46N2S. The molecule has 1 aliphatic rings. The van der Waals surface area contributed by atoms with Crippen molar-refractivity contribution in [3.8, 4) is 0 Å². The highest BCUT2D eigenvalue weighted by Gasteiger charge is 2.34. The molecule has 3 aromatic carbocycles. The Hall–Kier alpha value is -2.91. The van der Waals surface area contributed by atoms with E-state index in [0.29, 0.717) is 0 Å². The molecule has 1 N–H and O–H groups in total. The Kier molecular flexibility index (Phi) is 11.2. The fourth-order valence-corrected chi connectivity index (χ4v) is 6.60. The van der Waals surface area contributed by atoms with Crippen LogP contribution in [0, 0.1) is 5.92 Å². The van der Waals surface area contributed by atoms with E-state index in [1.54, 1.807) is 0 Å². The number of para-hydroxylation sites is 1. The first-order valence-corrected chi connectivity index (χ1v) is 15.7. The summed E-state index contributed by atoms with van der Waals surface area (Å²) in [6.07, 6.45) is 12.4. The summed E-state index contributed by atoms with van der Waals surface area (Å²) in [5.41, 5.74) is 5.38. The Morgan fingerprint density at radius 1 is 0.897 bits per heavy atom. The van der Waals surface area contributed by atoms with Gasteiger partial charge < -0.3 is 10.2 Å². The van der Waals surface area contributed by atoms with Gasteiger partial charge in [-0.15, -0.1) is 11.8 Å². The molecule has 0 saturated carbocycles. The minimum Gasteiger partial charge on any atom is -0.385 e. The van der Waals surface area contributed by atoms with Crippen molar-refractivity contribution in [1.29, 1.82) is 0 Å². The largest absolute Gasteiger partial charge is 0.385 e. The number of hydrogen-bond acceptors (Lipinski definition) is 3. The molecule has 0 unspecified atom stereocenters. The van der Waals surface area contributed by atoms with Gasteiger partial charge in [0.15, 0.2) is 0 Å². The van der Waals surface area contributed by atoms with Crippen LogP contribution in [0.5, 0.6) is 0 Å². The van der Waals surface area contributed by atoms with Crippen molar-refractivity contribution in [1.82, 2.24) is 4.90 Å². The first-order chi connectivity index (χ1) is 19.1. The Labute approximate surface area is 241 Å². The lowest BCUT2D eigenvalue weighted by Crippen LogP contribution is -2.32. The third kappa shape index (κ3) is 8.54. The van der Waals surface area contributed by atoms with Crippen LogP contribution in [0.3, 0.4) is 0 Å². The number of nitrogens with one attached hydrogen (secondary N) is 1. The minimum atomic E-state index is -0.0742. The fraction of sp³-hybridized carbons (Fsp3) is 0.389. The third-order valence-corrected chi connectivity index (χ3v) is 8.69. The number of hydrogen-bond donors (Lipinski definition) is 1. The standard InChI is InChI=1S/C36H46N2S/c1-4-24-37-34-20-12-11-19-33(34)36(28-31-15-7-5-8-16-31,29-32-17-9-6-10-18-32)23-14-13-21-35-38(26-27-39-35)25-22-30(2)3/h5-21,30,37H,4,22-29H2,1-3H3/b14-13+,35-21-. The van der Waals surface area contributed by atoms with E-state index in [1.807, 2.05) is 11.8 Å². The van der Waals surface area contributed by atoms with Gasteiger partial charge in [-0.3, -0.25) is 0 Å².